The molecule has 0 spiro atoms. The maximum Gasteiger partial charge on any atom is 0.259 e. The number of nitrogens with two attached hydrogens (primary N) is 1. The van der Waals surface area contributed by atoms with Crippen LogP contribution in [-0.2, 0) is 0 Å². The average molecular weight is 321 g/mol. The first-order chi connectivity index (χ1) is 9.11. The summed E-state index contributed by atoms with van der Waals surface area (Å²) in [5.74, 6) is 5.41. The zero-order valence-electron chi connectivity index (χ0n) is 10.3. The van der Waals surface area contributed by atoms with Crippen molar-refractivity contribution in [1.29, 1.82) is 0 Å². The number of nitrogens with one attached hydrogen (secondary N) is 2. The highest BCUT2D eigenvalue weighted by Gasteiger charge is 2.13. The van der Waals surface area contributed by atoms with E-state index in [2.05, 4.69) is 31.7 Å². The lowest BCUT2D eigenvalue weighted by molar-refractivity contribution is 0.102. The van der Waals surface area contributed by atoms with Gasteiger partial charge in [-0.15, -0.1) is 0 Å². The minimum atomic E-state index is -0.268. The Kier molecular flexibility index (Phi) is 4.13. The van der Waals surface area contributed by atoms with Gasteiger partial charge in [0.05, 0.1) is 5.56 Å². The number of rotatable bonds is 3. The Morgan fingerprint density at radius 1 is 1.37 bits per heavy atom. The number of hydrazine groups is 1. The Labute approximate surface area is 119 Å². The molecule has 0 aliphatic rings. The maximum absolute atomic E-state index is 12.2. The van der Waals surface area contributed by atoms with Crippen molar-refractivity contribution in [2.75, 3.05) is 10.7 Å². The number of pyridine rings is 1. The number of hydrogen-bond acceptors (Lipinski definition) is 4. The van der Waals surface area contributed by atoms with Crippen LogP contribution in [0, 0.1) is 6.92 Å². The number of para-hydroxylation sites is 1. The predicted octanol–water partition coefficient (Wildman–Crippen LogP) is 2.69. The van der Waals surface area contributed by atoms with Crippen LogP contribution in [0.3, 0.4) is 0 Å². The van der Waals surface area contributed by atoms with Crippen LogP contribution in [0.5, 0.6) is 0 Å². The summed E-state index contributed by atoms with van der Waals surface area (Å²) in [6, 6.07) is 9.21. The van der Waals surface area contributed by atoms with Gasteiger partial charge >= 0.3 is 0 Å². The zero-order valence-corrected chi connectivity index (χ0v) is 11.9. The number of aromatic nitrogens is 1. The summed E-state index contributed by atoms with van der Waals surface area (Å²) in [6.45, 7) is 1.93. The molecule has 4 N–H and O–H groups in total. The molecular formula is C13H13BrN4O. The summed E-state index contributed by atoms with van der Waals surface area (Å²) in [5.41, 5.74) is 4.53. The summed E-state index contributed by atoms with van der Waals surface area (Å²) in [5, 5.41) is 2.83. The molecule has 0 atom stereocenters. The molecule has 0 aliphatic heterocycles. The van der Waals surface area contributed by atoms with Crippen molar-refractivity contribution in [2.24, 2.45) is 5.84 Å². The van der Waals surface area contributed by atoms with Gasteiger partial charge in [0.1, 0.15) is 0 Å². The second kappa shape index (κ2) is 5.81. The molecule has 2 aromatic rings. The van der Waals surface area contributed by atoms with Crippen molar-refractivity contribution in [2.45, 2.75) is 6.92 Å². The number of nitrogens with zero attached hydrogens (tertiary/aromatic N) is 1. The summed E-state index contributed by atoms with van der Waals surface area (Å²) in [7, 11) is 0. The van der Waals surface area contributed by atoms with Crippen LogP contribution in [0.1, 0.15) is 15.9 Å². The molecule has 2 rings (SSSR count). The largest absolute Gasteiger partial charge is 0.322 e. The first-order valence-electron chi connectivity index (χ1n) is 5.61. The fourth-order valence-electron chi connectivity index (χ4n) is 1.63. The van der Waals surface area contributed by atoms with Crippen molar-refractivity contribution < 1.29 is 4.79 Å². The Balaban J connectivity index is 2.30. The van der Waals surface area contributed by atoms with Crippen molar-refractivity contribution in [3.05, 3.63) is 52.1 Å². The fraction of sp³-hybridized carbons (Fsp3) is 0.0769. The van der Waals surface area contributed by atoms with E-state index in [1.165, 1.54) is 0 Å². The molecule has 0 aliphatic carbocycles. The Hall–Kier alpha value is -1.92. The monoisotopic (exact) mass is 320 g/mol. The molecule has 0 saturated carbocycles. The van der Waals surface area contributed by atoms with Gasteiger partial charge in [0.2, 0.25) is 0 Å². The molecule has 1 amide bonds. The van der Waals surface area contributed by atoms with E-state index < -0.39 is 0 Å². The molecule has 1 aromatic heterocycles. The van der Waals surface area contributed by atoms with Crippen LogP contribution in [0.25, 0.3) is 0 Å². The molecule has 1 heterocycles. The summed E-state index contributed by atoms with van der Waals surface area (Å²) in [4.78, 5) is 16.3. The lowest BCUT2D eigenvalue weighted by Crippen LogP contribution is -2.18. The van der Waals surface area contributed by atoms with E-state index in [0.717, 1.165) is 11.3 Å². The van der Waals surface area contributed by atoms with Gasteiger partial charge in [-0.1, -0.05) is 18.2 Å². The first kappa shape index (κ1) is 13.5. The number of amides is 1. The van der Waals surface area contributed by atoms with Gasteiger partial charge < -0.3 is 10.7 Å². The lowest BCUT2D eigenvalue weighted by Gasteiger charge is -2.10. The normalized spacial score (nSPS) is 10.1. The van der Waals surface area contributed by atoms with Gasteiger partial charge in [-0.25, -0.2) is 10.8 Å². The summed E-state index contributed by atoms with van der Waals surface area (Å²) < 4.78 is 0.710. The second-order valence-electron chi connectivity index (χ2n) is 3.96. The molecule has 98 valence electrons. The SMILES string of the molecule is Cc1ccccc1NC(=O)c1cc(Br)cnc1NN. The fourth-order valence-corrected chi connectivity index (χ4v) is 1.96. The lowest BCUT2D eigenvalue weighted by atomic mass is 10.2. The summed E-state index contributed by atoms with van der Waals surface area (Å²) in [6.07, 6.45) is 1.57. The summed E-state index contributed by atoms with van der Waals surface area (Å²) >= 11 is 3.28. The highest BCUT2D eigenvalue weighted by atomic mass is 79.9. The van der Waals surface area contributed by atoms with Crippen LogP contribution in [0.2, 0.25) is 0 Å². The van der Waals surface area contributed by atoms with Crippen LogP contribution < -0.4 is 16.6 Å². The third-order valence-electron chi connectivity index (χ3n) is 2.63. The van der Waals surface area contributed by atoms with Crippen LogP contribution in [-0.4, -0.2) is 10.9 Å². The number of benzene rings is 1. The van der Waals surface area contributed by atoms with E-state index in [1.54, 1.807) is 12.3 Å². The number of halogens is 1. The molecule has 1 aromatic carbocycles. The molecule has 0 radical (unpaired) electrons. The van der Waals surface area contributed by atoms with Gasteiger partial charge in [-0.2, -0.15) is 0 Å². The van der Waals surface area contributed by atoms with Crippen LogP contribution >= 0.6 is 15.9 Å². The second-order valence-corrected chi connectivity index (χ2v) is 4.88. The van der Waals surface area contributed by atoms with E-state index in [0.29, 0.717) is 15.9 Å². The van der Waals surface area contributed by atoms with E-state index in [4.69, 9.17) is 5.84 Å². The standard InChI is InChI=1S/C13H13BrN4O/c1-8-4-2-3-5-11(8)17-13(19)10-6-9(14)7-16-12(10)18-15/h2-7H,15H2,1H3,(H,16,18)(H,17,19). The maximum atomic E-state index is 12.2. The molecule has 5 nitrogen and oxygen atoms in total. The quantitative estimate of drug-likeness (QED) is 0.600. The number of carbonyl (C=O) groups excluding carboxylic acids is 1. The van der Waals surface area contributed by atoms with Gasteiger partial charge in [0.25, 0.3) is 5.91 Å². The number of nitrogen functional groups attached to an aromatic ring is 1. The Bertz CT molecular complexity index is 615. The van der Waals surface area contributed by atoms with E-state index in [-0.39, 0.29) is 5.91 Å². The van der Waals surface area contributed by atoms with Crippen LogP contribution in [0.4, 0.5) is 11.5 Å². The third-order valence-corrected chi connectivity index (χ3v) is 3.06. The smallest absolute Gasteiger partial charge is 0.259 e. The molecule has 6 heteroatoms. The molecule has 19 heavy (non-hydrogen) atoms. The number of carbonyl (C=O) groups is 1. The van der Waals surface area contributed by atoms with Gasteiger partial charge in [-0.05, 0) is 40.5 Å². The predicted molar refractivity (Wildman–Crippen MR) is 78.9 cm³/mol. The Morgan fingerprint density at radius 3 is 2.79 bits per heavy atom. The van der Waals surface area contributed by atoms with E-state index in [1.807, 2.05) is 31.2 Å². The third kappa shape index (κ3) is 3.10. The topological polar surface area (TPSA) is 80.0 Å². The van der Waals surface area contributed by atoms with Gasteiger partial charge in [0, 0.05) is 16.4 Å². The highest BCUT2D eigenvalue weighted by molar-refractivity contribution is 9.10. The van der Waals surface area contributed by atoms with Crippen molar-refractivity contribution in [3.63, 3.8) is 0 Å². The molecular weight excluding hydrogens is 308 g/mol. The highest BCUT2D eigenvalue weighted by Crippen LogP contribution is 2.20. The Morgan fingerprint density at radius 2 is 2.11 bits per heavy atom. The van der Waals surface area contributed by atoms with Gasteiger partial charge in [0.15, 0.2) is 5.82 Å². The van der Waals surface area contributed by atoms with Gasteiger partial charge in [-0.3, -0.25) is 4.79 Å². The molecule has 0 unspecified atom stereocenters. The van der Waals surface area contributed by atoms with E-state index in [9.17, 15) is 4.79 Å². The average Bonchev–Trinajstić information content (AvgIpc) is 2.41. The van der Waals surface area contributed by atoms with Crippen molar-refractivity contribution in [3.8, 4) is 0 Å². The van der Waals surface area contributed by atoms with Crippen molar-refractivity contribution in [1.82, 2.24) is 4.98 Å². The molecule has 0 bridgehead atoms. The minimum Gasteiger partial charge on any atom is -0.322 e. The zero-order chi connectivity index (χ0) is 13.8. The number of aryl methyl sites for hydroxylation is 1. The number of anilines is 2. The van der Waals surface area contributed by atoms with Crippen molar-refractivity contribution >= 4 is 33.3 Å². The molecule has 0 saturated heterocycles. The first-order valence-corrected chi connectivity index (χ1v) is 6.40. The van der Waals surface area contributed by atoms with E-state index >= 15 is 0 Å². The molecule has 0 fully saturated rings. The number of hydrogen-bond donors (Lipinski definition) is 3. The van der Waals surface area contributed by atoms with Crippen LogP contribution in [0.15, 0.2) is 41.0 Å². The minimum absolute atomic E-state index is 0.268.